The molecule has 2 aromatic carbocycles. The van der Waals surface area contributed by atoms with E-state index in [9.17, 15) is 9.59 Å². The number of halogens is 2. The number of carbonyl (C=O) groups excluding carboxylic acids is 2. The number of aromatic nitrogens is 2. The van der Waals surface area contributed by atoms with Crippen LogP contribution < -0.4 is 15.4 Å². The Bertz CT molecular complexity index is 1450. The zero-order valence-corrected chi connectivity index (χ0v) is 28.0. The molecule has 11 nitrogen and oxygen atoms in total. The summed E-state index contributed by atoms with van der Waals surface area (Å²) in [6.45, 7) is 11.7. The van der Waals surface area contributed by atoms with Gasteiger partial charge in [-0.25, -0.2) is 14.3 Å². The van der Waals surface area contributed by atoms with Crippen LogP contribution in [0.4, 0.5) is 21.1 Å². The summed E-state index contributed by atoms with van der Waals surface area (Å²) >= 11 is 12.6. The van der Waals surface area contributed by atoms with Gasteiger partial charge in [0.2, 0.25) is 5.88 Å². The van der Waals surface area contributed by atoms with Crippen LogP contribution in [-0.2, 0) is 15.9 Å². The van der Waals surface area contributed by atoms with Gasteiger partial charge in [-0.05, 0) is 70.4 Å². The lowest BCUT2D eigenvalue weighted by molar-refractivity contribution is 0.0136. The van der Waals surface area contributed by atoms with Crippen molar-refractivity contribution in [1.29, 1.82) is 0 Å². The van der Waals surface area contributed by atoms with Gasteiger partial charge in [0.05, 0.1) is 21.3 Å². The van der Waals surface area contributed by atoms with Crippen molar-refractivity contribution in [2.24, 2.45) is 0 Å². The minimum absolute atomic E-state index is 0.286. The van der Waals surface area contributed by atoms with Gasteiger partial charge >= 0.3 is 12.1 Å². The van der Waals surface area contributed by atoms with Crippen molar-refractivity contribution < 1.29 is 23.8 Å². The fourth-order valence-electron chi connectivity index (χ4n) is 4.85. The molecule has 0 radical (unpaired) electrons. The van der Waals surface area contributed by atoms with E-state index in [-0.39, 0.29) is 6.09 Å². The maximum absolute atomic E-state index is 13.3. The number of anilines is 2. The van der Waals surface area contributed by atoms with E-state index in [4.69, 9.17) is 42.5 Å². The van der Waals surface area contributed by atoms with Crippen LogP contribution in [0.2, 0.25) is 10.0 Å². The fourth-order valence-corrected chi connectivity index (χ4v) is 5.20. The van der Waals surface area contributed by atoms with Gasteiger partial charge in [0.25, 0.3) is 0 Å². The van der Waals surface area contributed by atoms with Crippen LogP contribution in [0.3, 0.4) is 0 Å². The third-order valence-electron chi connectivity index (χ3n) is 7.17. The average Bonchev–Trinajstić information content (AvgIpc) is 3.30. The van der Waals surface area contributed by atoms with Crippen LogP contribution in [0.1, 0.15) is 38.3 Å². The Kier molecular flexibility index (Phi) is 12.0. The lowest BCUT2D eigenvalue weighted by Gasteiger charge is -2.35. The van der Waals surface area contributed by atoms with E-state index in [2.05, 4.69) is 15.5 Å². The topological polar surface area (TPSA) is 110 Å². The number of hydrogen-bond donors (Lipinski definition) is 2. The lowest BCUT2D eigenvalue weighted by atomic mass is 10.1. The summed E-state index contributed by atoms with van der Waals surface area (Å²) in [6.07, 6.45) is 1.12. The molecule has 13 heteroatoms. The van der Waals surface area contributed by atoms with Crippen LogP contribution >= 0.6 is 23.2 Å². The summed E-state index contributed by atoms with van der Waals surface area (Å²) in [6, 6.07) is 12.5. The summed E-state index contributed by atoms with van der Waals surface area (Å²) in [5.74, 6) is 0.886. The monoisotopic (exact) mass is 660 g/mol. The van der Waals surface area contributed by atoms with Crippen molar-refractivity contribution >= 4 is 46.8 Å². The number of methoxy groups -OCH3 is 1. The Balaban J connectivity index is 1.42. The predicted molar refractivity (Wildman–Crippen MR) is 177 cm³/mol. The van der Waals surface area contributed by atoms with Gasteiger partial charge in [0.1, 0.15) is 18.0 Å². The van der Waals surface area contributed by atoms with Gasteiger partial charge < -0.3 is 24.4 Å². The zero-order chi connectivity index (χ0) is 32.6. The summed E-state index contributed by atoms with van der Waals surface area (Å²) < 4.78 is 18.5. The van der Waals surface area contributed by atoms with Crippen molar-refractivity contribution in [2.45, 2.75) is 46.1 Å². The van der Waals surface area contributed by atoms with E-state index in [1.807, 2.05) is 58.0 Å². The molecule has 0 spiro atoms. The first-order valence-corrected chi connectivity index (χ1v) is 15.7. The number of hydrogen-bond acceptors (Lipinski definition) is 7. The molecule has 1 aliphatic rings. The third-order valence-corrected chi connectivity index (χ3v) is 7.89. The second-order valence-corrected chi connectivity index (χ2v) is 12.6. The molecule has 1 saturated heterocycles. The van der Waals surface area contributed by atoms with Gasteiger partial charge in [0, 0.05) is 52.1 Å². The Labute approximate surface area is 274 Å². The van der Waals surface area contributed by atoms with Crippen LogP contribution in [0.5, 0.6) is 5.88 Å². The van der Waals surface area contributed by atoms with E-state index < -0.39 is 11.6 Å². The number of nitrogens with zero attached hydrogens (tertiary/aromatic N) is 4. The average molecular weight is 662 g/mol. The Hall–Kier alpha value is -3.51. The van der Waals surface area contributed by atoms with E-state index in [0.717, 1.165) is 30.8 Å². The van der Waals surface area contributed by atoms with Crippen molar-refractivity contribution in [2.75, 3.05) is 63.7 Å². The number of para-hydroxylation sites is 1. The number of benzene rings is 2. The number of aryl methyl sites for hydroxylation is 1. The molecule has 0 aliphatic carbocycles. The van der Waals surface area contributed by atoms with Crippen molar-refractivity contribution in [3.05, 3.63) is 63.6 Å². The number of urea groups is 1. The molecule has 3 amide bonds. The maximum atomic E-state index is 13.3. The number of carbonyl (C=O) groups is 2. The number of amides is 3. The van der Waals surface area contributed by atoms with Crippen molar-refractivity contribution in [1.82, 2.24) is 19.6 Å². The van der Waals surface area contributed by atoms with Gasteiger partial charge in [0.15, 0.2) is 0 Å². The van der Waals surface area contributed by atoms with Crippen LogP contribution in [0.15, 0.2) is 42.5 Å². The first kappa shape index (κ1) is 34.4. The van der Waals surface area contributed by atoms with Gasteiger partial charge in [-0.3, -0.25) is 10.2 Å². The van der Waals surface area contributed by atoms with E-state index in [1.54, 1.807) is 28.8 Å². The Morgan fingerprint density at radius 1 is 0.978 bits per heavy atom. The standard InChI is InChI=1S/C32H42Cl2N6O5/c1-22-28(36-30(41)35-27-21-26(34)25(33)20-23(27)10-9-18-43-5)40(24-11-7-6-8-12-24)37-29(22)44-19-17-38-13-15-39(16-14-38)31(42)45-32(2,3)4/h6-8,11-12,20-21H,9-10,13-19H2,1-5H3,(H2,35,36,41). The maximum Gasteiger partial charge on any atom is 0.410 e. The largest absolute Gasteiger partial charge is 0.475 e. The Morgan fingerprint density at radius 2 is 1.67 bits per heavy atom. The lowest BCUT2D eigenvalue weighted by Crippen LogP contribution is -2.50. The van der Waals surface area contributed by atoms with E-state index >= 15 is 0 Å². The minimum atomic E-state index is -0.520. The highest BCUT2D eigenvalue weighted by atomic mass is 35.5. The summed E-state index contributed by atoms with van der Waals surface area (Å²) in [5, 5.41) is 11.3. The fraction of sp³-hybridized carbons (Fsp3) is 0.469. The molecular formula is C32H42Cl2N6O5. The normalized spacial score (nSPS) is 13.9. The molecule has 2 N–H and O–H groups in total. The molecule has 0 bridgehead atoms. The molecule has 3 aromatic rings. The van der Waals surface area contributed by atoms with E-state index in [1.165, 1.54) is 0 Å². The smallest absolute Gasteiger partial charge is 0.410 e. The van der Waals surface area contributed by atoms with Crippen LogP contribution in [-0.4, -0.2) is 90.4 Å². The second-order valence-electron chi connectivity index (χ2n) is 11.8. The SMILES string of the molecule is COCCCc1cc(Cl)c(Cl)cc1NC(=O)Nc1c(C)c(OCCN2CCN(C(=O)OC(C)(C)C)CC2)nn1-c1ccccc1. The highest BCUT2D eigenvalue weighted by Gasteiger charge is 2.26. The van der Waals surface area contributed by atoms with Gasteiger partial charge in [-0.1, -0.05) is 41.4 Å². The number of ether oxygens (including phenoxy) is 3. The molecule has 0 saturated carbocycles. The summed E-state index contributed by atoms with van der Waals surface area (Å²) in [7, 11) is 1.65. The quantitative estimate of drug-likeness (QED) is 0.222. The summed E-state index contributed by atoms with van der Waals surface area (Å²) in [5.41, 5.74) is 2.33. The number of rotatable bonds is 11. The van der Waals surface area contributed by atoms with Crippen LogP contribution in [0.25, 0.3) is 5.69 Å². The number of piperazine rings is 1. The molecule has 244 valence electrons. The molecular weight excluding hydrogens is 619 g/mol. The van der Waals surface area contributed by atoms with Crippen LogP contribution in [0, 0.1) is 6.92 Å². The molecule has 2 heterocycles. The second kappa shape index (κ2) is 15.7. The molecule has 0 atom stereocenters. The van der Waals surface area contributed by atoms with E-state index in [0.29, 0.717) is 72.3 Å². The molecule has 4 rings (SSSR count). The highest BCUT2D eigenvalue weighted by Crippen LogP contribution is 2.31. The molecule has 1 fully saturated rings. The minimum Gasteiger partial charge on any atom is -0.475 e. The first-order chi connectivity index (χ1) is 21.4. The highest BCUT2D eigenvalue weighted by molar-refractivity contribution is 6.42. The molecule has 0 unspecified atom stereocenters. The molecule has 1 aromatic heterocycles. The van der Waals surface area contributed by atoms with Gasteiger partial charge in [-0.2, -0.15) is 0 Å². The number of nitrogens with one attached hydrogen (secondary N) is 2. The summed E-state index contributed by atoms with van der Waals surface area (Å²) in [4.78, 5) is 29.7. The first-order valence-electron chi connectivity index (χ1n) is 15.0. The molecule has 1 aliphatic heterocycles. The zero-order valence-electron chi connectivity index (χ0n) is 26.5. The third kappa shape index (κ3) is 9.74. The predicted octanol–water partition coefficient (Wildman–Crippen LogP) is 6.64. The van der Waals surface area contributed by atoms with Crippen molar-refractivity contribution in [3.63, 3.8) is 0 Å². The van der Waals surface area contributed by atoms with Crippen molar-refractivity contribution in [3.8, 4) is 11.6 Å². The Morgan fingerprint density at radius 3 is 2.33 bits per heavy atom. The van der Waals surface area contributed by atoms with Gasteiger partial charge in [-0.15, -0.1) is 5.10 Å². The molecule has 45 heavy (non-hydrogen) atoms.